The van der Waals surface area contributed by atoms with Crippen LogP contribution in [0.5, 0.6) is 0 Å². The average Bonchev–Trinajstić information content (AvgIpc) is 3.48. The van der Waals surface area contributed by atoms with Crippen molar-refractivity contribution < 1.29 is 4.79 Å². The summed E-state index contributed by atoms with van der Waals surface area (Å²) in [6.45, 7) is 5.48. The van der Waals surface area contributed by atoms with Gasteiger partial charge in [0, 0.05) is 51.8 Å². The Morgan fingerprint density at radius 3 is 2.72 bits per heavy atom. The third kappa shape index (κ3) is 3.64. The number of thiophene rings is 1. The van der Waals surface area contributed by atoms with Crippen molar-refractivity contribution in [2.24, 2.45) is 0 Å². The molecule has 0 bridgehead atoms. The van der Waals surface area contributed by atoms with Gasteiger partial charge >= 0.3 is 0 Å². The van der Waals surface area contributed by atoms with Crippen molar-refractivity contribution in [3.8, 4) is 0 Å². The third-order valence-corrected chi connectivity index (χ3v) is 6.88. The standard InChI is InChI=1S/C22H25N7O2S/c1-2-28-21(31)20-16(9-15-32-20)29-18(24-25-22(28)29)7-5-8-19(30)27-13-11-26(12-14-27)17-6-3-4-10-23-17/h3-4,6,9-10,15H,2,5,7-8,11-14H2,1H3. The van der Waals surface area contributed by atoms with E-state index in [1.807, 2.05) is 45.9 Å². The molecule has 0 N–H and O–H groups in total. The van der Waals surface area contributed by atoms with Crippen LogP contribution in [-0.4, -0.2) is 61.1 Å². The molecule has 0 atom stereocenters. The summed E-state index contributed by atoms with van der Waals surface area (Å²) in [7, 11) is 0. The highest BCUT2D eigenvalue weighted by Crippen LogP contribution is 2.20. The molecule has 0 spiro atoms. The molecule has 5 heterocycles. The Hall–Kier alpha value is -3.27. The van der Waals surface area contributed by atoms with Crippen LogP contribution in [0.25, 0.3) is 16.0 Å². The van der Waals surface area contributed by atoms with Crippen LogP contribution in [0, 0.1) is 0 Å². The maximum Gasteiger partial charge on any atom is 0.272 e. The Balaban J connectivity index is 1.23. The minimum absolute atomic E-state index is 0.0241. The minimum atomic E-state index is -0.0241. The molecule has 4 aromatic rings. The van der Waals surface area contributed by atoms with E-state index in [1.165, 1.54) is 11.3 Å². The molecule has 1 saturated heterocycles. The van der Waals surface area contributed by atoms with Crippen molar-refractivity contribution in [1.82, 2.24) is 29.0 Å². The summed E-state index contributed by atoms with van der Waals surface area (Å²) in [4.78, 5) is 34.0. The van der Waals surface area contributed by atoms with Gasteiger partial charge < -0.3 is 9.80 Å². The smallest absolute Gasteiger partial charge is 0.272 e. The van der Waals surface area contributed by atoms with E-state index in [1.54, 1.807) is 10.8 Å². The number of amides is 1. The summed E-state index contributed by atoms with van der Waals surface area (Å²) in [6.07, 6.45) is 3.59. The zero-order valence-corrected chi connectivity index (χ0v) is 18.8. The van der Waals surface area contributed by atoms with Gasteiger partial charge in [0.05, 0.1) is 5.52 Å². The second-order valence-electron chi connectivity index (χ2n) is 7.85. The summed E-state index contributed by atoms with van der Waals surface area (Å²) in [5, 5.41) is 10.5. The molecular weight excluding hydrogens is 426 g/mol. The van der Waals surface area contributed by atoms with Gasteiger partial charge in [0.15, 0.2) is 0 Å². The highest BCUT2D eigenvalue weighted by molar-refractivity contribution is 7.17. The number of carbonyl (C=O) groups is 1. The first kappa shape index (κ1) is 20.6. The Labute approximate surface area is 188 Å². The van der Waals surface area contributed by atoms with Crippen molar-refractivity contribution in [2.75, 3.05) is 31.1 Å². The maximum atomic E-state index is 12.8. The predicted molar refractivity (Wildman–Crippen MR) is 124 cm³/mol. The molecule has 166 valence electrons. The fourth-order valence-corrected chi connectivity index (χ4v) is 5.13. The van der Waals surface area contributed by atoms with Crippen molar-refractivity contribution >= 4 is 39.1 Å². The van der Waals surface area contributed by atoms with Crippen molar-refractivity contribution in [3.05, 3.63) is 52.0 Å². The van der Waals surface area contributed by atoms with E-state index in [0.29, 0.717) is 49.4 Å². The number of pyridine rings is 1. The molecule has 0 unspecified atom stereocenters. The number of rotatable bonds is 6. The Kier molecular flexibility index (Phi) is 5.60. The quantitative estimate of drug-likeness (QED) is 0.447. The van der Waals surface area contributed by atoms with Crippen LogP contribution in [0.15, 0.2) is 40.6 Å². The number of anilines is 1. The van der Waals surface area contributed by atoms with E-state index in [2.05, 4.69) is 20.1 Å². The van der Waals surface area contributed by atoms with Crippen LogP contribution < -0.4 is 10.5 Å². The Bertz CT molecular complexity index is 1300. The molecule has 1 amide bonds. The number of aryl methyl sites for hydroxylation is 2. The normalized spacial score (nSPS) is 14.5. The van der Waals surface area contributed by atoms with E-state index in [-0.39, 0.29) is 11.5 Å². The molecule has 0 radical (unpaired) electrons. The average molecular weight is 452 g/mol. The van der Waals surface area contributed by atoms with Gasteiger partial charge in [-0.3, -0.25) is 18.6 Å². The van der Waals surface area contributed by atoms with Crippen LogP contribution in [0.1, 0.15) is 25.6 Å². The highest BCUT2D eigenvalue weighted by atomic mass is 32.1. The van der Waals surface area contributed by atoms with Gasteiger partial charge in [-0.05, 0) is 36.9 Å². The van der Waals surface area contributed by atoms with Crippen LogP contribution in [-0.2, 0) is 17.8 Å². The van der Waals surface area contributed by atoms with Gasteiger partial charge in [0.2, 0.25) is 11.7 Å². The molecule has 5 rings (SSSR count). The maximum absolute atomic E-state index is 12.8. The van der Waals surface area contributed by atoms with Crippen LogP contribution in [0.4, 0.5) is 5.82 Å². The molecule has 10 heteroatoms. The van der Waals surface area contributed by atoms with Gasteiger partial charge in [0.25, 0.3) is 5.56 Å². The summed E-state index contributed by atoms with van der Waals surface area (Å²) >= 11 is 1.44. The van der Waals surface area contributed by atoms with E-state index >= 15 is 0 Å². The van der Waals surface area contributed by atoms with E-state index < -0.39 is 0 Å². The van der Waals surface area contributed by atoms with Gasteiger partial charge in [0.1, 0.15) is 16.3 Å². The number of hydrogen-bond donors (Lipinski definition) is 0. The molecule has 1 fully saturated rings. The minimum Gasteiger partial charge on any atom is -0.353 e. The van der Waals surface area contributed by atoms with Crippen LogP contribution >= 0.6 is 11.3 Å². The van der Waals surface area contributed by atoms with E-state index in [4.69, 9.17) is 0 Å². The largest absolute Gasteiger partial charge is 0.353 e. The number of nitrogens with zero attached hydrogens (tertiary/aromatic N) is 7. The molecule has 9 nitrogen and oxygen atoms in total. The van der Waals surface area contributed by atoms with Gasteiger partial charge in [-0.1, -0.05) is 6.07 Å². The fraction of sp³-hybridized carbons (Fsp3) is 0.409. The molecule has 0 aromatic carbocycles. The first-order chi connectivity index (χ1) is 15.7. The Morgan fingerprint density at radius 1 is 1.12 bits per heavy atom. The topological polar surface area (TPSA) is 88.6 Å². The monoisotopic (exact) mass is 451 g/mol. The third-order valence-electron chi connectivity index (χ3n) is 5.99. The zero-order valence-electron chi connectivity index (χ0n) is 18.0. The van der Waals surface area contributed by atoms with Gasteiger partial charge in [-0.2, -0.15) is 0 Å². The lowest BCUT2D eigenvalue weighted by Crippen LogP contribution is -2.49. The van der Waals surface area contributed by atoms with E-state index in [0.717, 1.165) is 30.2 Å². The molecule has 4 aromatic heterocycles. The number of hydrogen-bond acceptors (Lipinski definition) is 7. The second-order valence-corrected chi connectivity index (χ2v) is 8.76. The first-order valence-electron chi connectivity index (χ1n) is 10.9. The van der Waals surface area contributed by atoms with Gasteiger partial charge in [-0.15, -0.1) is 21.5 Å². The van der Waals surface area contributed by atoms with Crippen LogP contribution in [0.2, 0.25) is 0 Å². The zero-order chi connectivity index (χ0) is 22.1. The second kappa shape index (κ2) is 8.70. The number of aromatic nitrogens is 5. The van der Waals surface area contributed by atoms with Crippen molar-refractivity contribution in [1.29, 1.82) is 0 Å². The fourth-order valence-electron chi connectivity index (χ4n) is 4.31. The highest BCUT2D eigenvalue weighted by Gasteiger charge is 2.22. The van der Waals surface area contributed by atoms with Crippen molar-refractivity contribution in [3.63, 3.8) is 0 Å². The molecule has 1 aliphatic heterocycles. The summed E-state index contributed by atoms with van der Waals surface area (Å²) in [5.41, 5.74) is 0.820. The molecular formula is C22H25N7O2S. The lowest BCUT2D eigenvalue weighted by molar-refractivity contribution is -0.131. The van der Waals surface area contributed by atoms with Crippen molar-refractivity contribution in [2.45, 2.75) is 32.7 Å². The first-order valence-corrected chi connectivity index (χ1v) is 11.8. The number of carbonyl (C=O) groups excluding carboxylic acids is 1. The predicted octanol–water partition coefficient (Wildman–Crippen LogP) is 2.19. The molecule has 0 saturated carbocycles. The lowest BCUT2D eigenvalue weighted by atomic mass is 10.2. The van der Waals surface area contributed by atoms with E-state index in [9.17, 15) is 9.59 Å². The molecule has 0 aliphatic carbocycles. The lowest BCUT2D eigenvalue weighted by Gasteiger charge is -2.35. The van der Waals surface area contributed by atoms with Crippen LogP contribution in [0.3, 0.4) is 0 Å². The number of piperazine rings is 1. The summed E-state index contributed by atoms with van der Waals surface area (Å²) < 4.78 is 4.33. The molecule has 32 heavy (non-hydrogen) atoms. The summed E-state index contributed by atoms with van der Waals surface area (Å²) in [5.74, 6) is 2.49. The summed E-state index contributed by atoms with van der Waals surface area (Å²) in [6, 6.07) is 7.83. The number of fused-ring (bicyclic) bond motifs is 3. The van der Waals surface area contributed by atoms with Gasteiger partial charge in [-0.25, -0.2) is 4.98 Å². The SMILES string of the molecule is CCn1c(=O)c2sccc2n2c(CCCC(=O)N3CCN(c4ccccn4)CC3)nnc12. The molecule has 1 aliphatic rings. The Morgan fingerprint density at radius 2 is 1.97 bits per heavy atom.